The molecule has 0 amide bonds. The van der Waals surface area contributed by atoms with Gasteiger partial charge in [-0.2, -0.15) is 0 Å². The van der Waals surface area contributed by atoms with E-state index in [0.29, 0.717) is 12.4 Å². The fourth-order valence-corrected chi connectivity index (χ4v) is 1.96. The van der Waals surface area contributed by atoms with Crippen LogP contribution in [0, 0.1) is 12.7 Å². The van der Waals surface area contributed by atoms with Gasteiger partial charge in [0.25, 0.3) is 0 Å². The van der Waals surface area contributed by atoms with Crippen LogP contribution in [0.4, 0.5) is 10.1 Å². The molecule has 96 valence electrons. The van der Waals surface area contributed by atoms with E-state index in [-0.39, 0.29) is 5.82 Å². The molecule has 0 fully saturated rings. The molecule has 0 unspecified atom stereocenters. The lowest BCUT2D eigenvalue weighted by atomic mass is 10.2. The standard InChI is InChI=1S/C15H13FN2O/c1-10-18-14-8-13(6-7-15(14)19-10)17-9-11-2-4-12(16)5-3-11/h2-8,17H,9H2,1H3. The Labute approximate surface area is 110 Å². The van der Waals surface area contributed by atoms with Gasteiger partial charge in [0.2, 0.25) is 0 Å². The van der Waals surface area contributed by atoms with Gasteiger partial charge in [-0.15, -0.1) is 0 Å². The third-order valence-electron chi connectivity index (χ3n) is 2.90. The van der Waals surface area contributed by atoms with Crippen molar-refractivity contribution in [3.05, 3.63) is 59.7 Å². The molecule has 1 heterocycles. The summed E-state index contributed by atoms with van der Waals surface area (Å²) in [6.07, 6.45) is 0. The number of anilines is 1. The van der Waals surface area contributed by atoms with Crippen LogP contribution in [0.3, 0.4) is 0 Å². The number of benzene rings is 2. The van der Waals surface area contributed by atoms with Crippen molar-refractivity contribution in [2.45, 2.75) is 13.5 Å². The lowest BCUT2D eigenvalue weighted by Crippen LogP contribution is -1.99. The molecule has 0 bridgehead atoms. The van der Waals surface area contributed by atoms with Crippen molar-refractivity contribution < 1.29 is 8.81 Å². The van der Waals surface area contributed by atoms with Crippen molar-refractivity contribution in [3.8, 4) is 0 Å². The first-order chi connectivity index (χ1) is 9.20. The fourth-order valence-electron chi connectivity index (χ4n) is 1.96. The van der Waals surface area contributed by atoms with E-state index in [1.807, 2.05) is 25.1 Å². The molecule has 1 aromatic heterocycles. The zero-order valence-electron chi connectivity index (χ0n) is 10.5. The van der Waals surface area contributed by atoms with Crippen LogP contribution in [0.5, 0.6) is 0 Å². The van der Waals surface area contributed by atoms with Crippen LogP contribution in [0.15, 0.2) is 46.9 Å². The van der Waals surface area contributed by atoms with Crippen LogP contribution in [0.2, 0.25) is 0 Å². The number of hydrogen-bond acceptors (Lipinski definition) is 3. The Kier molecular flexibility index (Phi) is 2.91. The third kappa shape index (κ3) is 2.57. The molecule has 2 aromatic carbocycles. The number of halogens is 1. The molecule has 19 heavy (non-hydrogen) atoms. The van der Waals surface area contributed by atoms with Gasteiger partial charge in [-0.25, -0.2) is 9.37 Å². The van der Waals surface area contributed by atoms with Crippen LogP contribution in [-0.4, -0.2) is 4.98 Å². The Balaban J connectivity index is 1.75. The maximum absolute atomic E-state index is 12.8. The number of aryl methyl sites for hydroxylation is 1. The Morgan fingerprint density at radius 1 is 1.16 bits per heavy atom. The van der Waals surface area contributed by atoms with E-state index < -0.39 is 0 Å². The second-order valence-corrected chi connectivity index (χ2v) is 4.40. The van der Waals surface area contributed by atoms with Gasteiger partial charge in [-0.1, -0.05) is 12.1 Å². The second kappa shape index (κ2) is 4.72. The summed E-state index contributed by atoms with van der Waals surface area (Å²) < 4.78 is 18.2. The predicted octanol–water partition coefficient (Wildman–Crippen LogP) is 3.89. The van der Waals surface area contributed by atoms with E-state index >= 15 is 0 Å². The number of oxazole rings is 1. The largest absolute Gasteiger partial charge is 0.441 e. The van der Waals surface area contributed by atoms with Crippen molar-refractivity contribution in [1.29, 1.82) is 0 Å². The fraction of sp³-hybridized carbons (Fsp3) is 0.133. The summed E-state index contributed by atoms with van der Waals surface area (Å²) in [5, 5.41) is 3.28. The quantitative estimate of drug-likeness (QED) is 0.772. The van der Waals surface area contributed by atoms with Gasteiger partial charge in [-0.3, -0.25) is 0 Å². The number of rotatable bonds is 3. The first-order valence-corrected chi connectivity index (χ1v) is 6.06. The first-order valence-electron chi connectivity index (χ1n) is 6.06. The molecular formula is C15H13FN2O. The molecule has 0 saturated heterocycles. The van der Waals surface area contributed by atoms with Crippen molar-refractivity contribution in [3.63, 3.8) is 0 Å². The Hall–Kier alpha value is -2.36. The molecule has 0 radical (unpaired) electrons. The minimum absolute atomic E-state index is 0.219. The predicted molar refractivity (Wildman–Crippen MR) is 72.5 cm³/mol. The van der Waals surface area contributed by atoms with Crippen LogP contribution < -0.4 is 5.32 Å². The Morgan fingerprint density at radius 3 is 2.74 bits per heavy atom. The van der Waals surface area contributed by atoms with Gasteiger partial charge < -0.3 is 9.73 Å². The number of fused-ring (bicyclic) bond motifs is 1. The lowest BCUT2D eigenvalue weighted by Gasteiger charge is -2.06. The van der Waals surface area contributed by atoms with E-state index in [2.05, 4.69) is 10.3 Å². The monoisotopic (exact) mass is 256 g/mol. The van der Waals surface area contributed by atoms with Crippen LogP contribution in [0.25, 0.3) is 11.1 Å². The van der Waals surface area contributed by atoms with Gasteiger partial charge in [0.05, 0.1) is 0 Å². The van der Waals surface area contributed by atoms with E-state index in [4.69, 9.17) is 4.42 Å². The molecule has 0 aliphatic heterocycles. The van der Waals surface area contributed by atoms with Crippen molar-refractivity contribution >= 4 is 16.8 Å². The van der Waals surface area contributed by atoms with Crippen molar-refractivity contribution in [2.75, 3.05) is 5.32 Å². The number of aromatic nitrogens is 1. The number of nitrogens with zero attached hydrogens (tertiary/aromatic N) is 1. The Bertz CT molecular complexity index is 704. The molecule has 0 saturated carbocycles. The highest BCUT2D eigenvalue weighted by molar-refractivity contribution is 5.77. The minimum Gasteiger partial charge on any atom is -0.441 e. The molecule has 3 rings (SSSR count). The summed E-state index contributed by atoms with van der Waals surface area (Å²) in [4.78, 5) is 4.28. The molecule has 1 N–H and O–H groups in total. The summed E-state index contributed by atoms with van der Waals surface area (Å²) in [7, 11) is 0. The summed E-state index contributed by atoms with van der Waals surface area (Å²) in [6.45, 7) is 2.47. The molecular weight excluding hydrogens is 243 g/mol. The lowest BCUT2D eigenvalue weighted by molar-refractivity contribution is 0.561. The Morgan fingerprint density at radius 2 is 1.95 bits per heavy atom. The normalized spacial score (nSPS) is 10.8. The molecule has 0 aliphatic carbocycles. The molecule has 0 atom stereocenters. The zero-order valence-corrected chi connectivity index (χ0v) is 10.5. The summed E-state index contributed by atoms with van der Waals surface area (Å²) in [6, 6.07) is 12.2. The third-order valence-corrected chi connectivity index (χ3v) is 2.90. The van der Waals surface area contributed by atoms with Gasteiger partial charge in [0.1, 0.15) is 11.3 Å². The minimum atomic E-state index is -0.219. The van der Waals surface area contributed by atoms with E-state index in [0.717, 1.165) is 22.4 Å². The smallest absolute Gasteiger partial charge is 0.192 e. The summed E-state index contributed by atoms with van der Waals surface area (Å²) in [5.41, 5.74) is 3.61. The van der Waals surface area contributed by atoms with Crippen molar-refractivity contribution in [2.24, 2.45) is 0 Å². The first kappa shape index (κ1) is 11.7. The van der Waals surface area contributed by atoms with Gasteiger partial charge in [0, 0.05) is 19.2 Å². The van der Waals surface area contributed by atoms with Crippen LogP contribution >= 0.6 is 0 Å². The highest BCUT2D eigenvalue weighted by atomic mass is 19.1. The highest BCUT2D eigenvalue weighted by Gasteiger charge is 2.03. The molecule has 3 nitrogen and oxygen atoms in total. The molecule has 0 spiro atoms. The average molecular weight is 256 g/mol. The van der Waals surface area contributed by atoms with E-state index in [9.17, 15) is 4.39 Å². The molecule has 3 aromatic rings. The van der Waals surface area contributed by atoms with E-state index in [1.165, 1.54) is 12.1 Å². The van der Waals surface area contributed by atoms with Crippen LogP contribution in [0.1, 0.15) is 11.5 Å². The number of hydrogen-bond donors (Lipinski definition) is 1. The van der Waals surface area contributed by atoms with E-state index in [1.54, 1.807) is 12.1 Å². The maximum Gasteiger partial charge on any atom is 0.192 e. The summed E-state index contributed by atoms with van der Waals surface area (Å²) in [5.74, 6) is 0.439. The SMILES string of the molecule is Cc1nc2cc(NCc3ccc(F)cc3)ccc2o1. The van der Waals surface area contributed by atoms with Gasteiger partial charge >= 0.3 is 0 Å². The maximum atomic E-state index is 12.8. The molecule has 4 heteroatoms. The summed E-state index contributed by atoms with van der Waals surface area (Å²) >= 11 is 0. The second-order valence-electron chi connectivity index (χ2n) is 4.40. The topological polar surface area (TPSA) is 38.1 Å². The zero-order chi connectivity index (χ0) is 13.2. The van der Waals surface area contributed by atoms with Gasteiger partial charge in [-0.05, 0) is 35.9 Å². The highest BCUT2D eigenvalue weighted by Crippen LogP contribution is 2.20. The van der Waals surface area contributed by atoms with Gasteiger partial charge in [0.15, 0.2) is 11.5 Å². The molecule has 0 aliphatic rings. The van der Waals surface area contributed by atoms with Crippen molar-refractivity contribution in [1.82, 2.24) is 4.98 Å². The van der Waals surface area contributed by atoms with Crippen LogP contribution in [-0.2, 0) is 6.54 Å². The average Bonchev–Trinajstić information content (AvgIpc) is 2.77. The number of nitrogens with one attached hydrogen (secondary N) is 1.